The Balaban J connectivity index is 1.30. The van der Waals surface area contributed by atoms with E-state index in [1.54, 1.807) is 0 Å². The predicted molar refractivity (Wildman–Crippen MR) is 64.6 cm³/mol. The number of ketones is 1. The lowest BCUT2D eigenvalue weighted by molar-refractivity contribution is -0.124. The monoisotopic (exact) mass is 234 g/mol. The highest BCUT2D eigenvalue weighted by molar-refractivity contribution is 5.81. The Kier molecular flexibility index (Phi) is 2.36. The summed E-state index contributed by atoms with van der Waals surface area (Å²) >= 11 is 0. The normalized spacial score (nSPS) is 51.3. The summed E-state index contributed by atoms with van der Waals surface area (Å²) in [6.45, 7) is 0. The van der Waals surface area contributed by atoms with Crippen molar-refractivity contribution in [2.24, 2.45) is 23.7 Å². The third-order valence-electron chi connectivity index (χ3n) is 5.60. The van der Waals surface area contributed by atoms with Gasteiger partial charge in [-0.25, -0.2) is 0 Å². The van der Waals surface area contributed by atoms with Crippen molar-refractivity contribution in [3.63, 3.8) is 0 Å². The van der Waals surface area contributed by atoms with Crippen LogP contribution < -0.4 is 0 Å². The van der Waals surface area contributed by atoms with Gasteiger partial charge >= 0.3 is 0 Å². The van der Waals surface area contributed by atoms with Crippen molar-refractivity contribution < 1.29 is 9.53 Å². The first-order chi connectivity index (χ1) is 8.29. The largest absolute Gasteiger partial charge is 0.370 e. The van der Waals surface area contributed by atoms with Crippen molar-refractivity contribution in [2.75, 3.05) is 0 Å². The third kappa shape index (κ3) is 2.05. The van der Waals surface area contributed by atoms with Gasteiger partial charge in [0.05, 0.1) is 12.2 Å². The molecule has 0 aromatic rings. The Bertz CT molecular complexity index is 338. The summed E-state index contributed by atoms with van der Waals surface area (Å²) < 4.78 is 5.52. The molecular formula is C15H22O2. The molecule has 0 bridgehead atoms. The van der Waals surface area contributed by atoms with Crippen LogP contribution in [0.25, 0.3) is 0 Å². The third-order valence-corrected chi connectivity index (χ3v) is 5.60. The minimum absolute atomic E-state index is 0.343. The maximum Gasteiger partial charge on any atom is 0.136 e. The standard InChI is InChI=1S/C15H22O2/c16-13(11-3-4-14-15(8-11)17-14)6-9-1-2-10-7-12(10)5-9/h9-12,14-15H,1-8H2. The minimum Gasteiger partial charge on any atom is -0.370 e. The van der Waals surface area contributed by atoms with Crippen molar-refractivity contribution in [1.82, 2.24) is 0 Å². The van der Waals surface area contributed by atoms with Crippen molar-refractivity contribution in [2.45, 2.75) is 63.6 Å². The highest BCUT2D eigenvalue weighted by Crippen LogP contribution is 2.52. The zero-order valence-corrected chi connectivity index (χ0v) is 10.4. The van der Waals surface area contributed by atoms with E-state index < -0.39 is 0 Å². The van der Waals surface area contributed by atoms with Crippen molar-refractivity contribution in [1.29, 1.82) is 0 Å². The summed E-state index contributed by atoms with van der Waals surface area (Å²) in [5.41, 5.74) is 0. The lowest BCUT2D eigenvalue weighted by Crippen LogP contribution is -2.24. The van der Waals surface area contributed by atoms with Gasteiger partial charge in [0.15, 0.2) is 0 Å². The topological polar surface area (TPSA) is 29.6 Å². The van der Waals surface area contributed by atoms with Gasteiger partial charge in [0.25, 0.3) is 0 Å². The Morgan fingerprint density at radius 1 is 0.941 bits per heavy atom. The molecule has 4 aliphatic rings. The summed E-state index contributed by atoms with van der Waals surface area (Å²) in [5.74, 6) is 3.68. The fourth-order valence-corrected chi connectivity index (χ4v) is 4.28. The minimum atomic E-state index is 0.343. The van der Waals surface area contributed by atoms with E-state index in [4.69, 9.17) is 4.74 Å². The Morgan fingerprint density at radius 2 is 1.88 bits per heavy atom. The molecule has 6 unspecified atom stereocenters. The summed E-state index contributed by atoms with van der Waals surface area (Å²) in [7, 11) is 0. The highest BCUT2D eigenvalue weighted by atomic mass is 16.6. The molecule has 0 spiro atoms. The van der Waals surface area contributed by atoms with Crippen LogP contribution >= 0.6 is 0 Å². The summed E-state index contributed by atoms with van der Waals surface area (Å²) in [6.07, 6.45) is 10.7. The van der Waals surface area contributed by atoms with Gasteiger partial charge in [-0.2, -0.15) is 0 Å². The van der Waals surface area contributed by atoms with Crippen LogP contribution in [0.15, 0.2) is 0 Å². The van der Waals surface area contributed by atoms with Gasteiger partial charge in [0, 0.05) is 12.3 Å². The van der Waals surface area contributed by atoms with Gasteiger partial charge in [-0.3, -0.25) is 4.79 Å². The first-order valence-electron chi connectivity index (χ1n) is 7.48. The van der Waals surface area contributed by atoms with Crippen LogP contribution in [-0.4, -0.2) is 18.0 Å². The van der Waals surface area contributed by atoms with Crippen molar-refractivity contribution in [3.8, 4) is 0 Å². The molecule has 4 fully saturated rings. The average molecular weight is 234 g/mol. The molecule has 0 aromatic carbocycles. The summed E-state index contributed by atoms with van der Waals surface area (Å²) in [4.78, 5) is 12.3. The molecule has 0 N–H and O–H groups in total. The van der Waals surface area contributed by atoms with Crippen LogP contribution in [0.3, 0.4) is 0 Å². The fraction of sp³-hybridized carbons (Fsp3) is 0.933. The van der Waals surface area contributed by atoms with Crippen LogP contribution in [0.4, 0.5) is 0 Å². The van der Waals surface area contributed by atoms with E-state index in [-0.39, 0.29) is 0 Å². The maximum absolute atomic E-state index is 12.3. The molecule has 2 nitrogen and oxygen atoms in total. The smallest absolute Gasteiger partial charge is 0.136 e. The van der Waals surface area contributed by atoms with Crippen LogP contribution in [-0.2, 0) is 9.53 Å². The van der Waals surface area contributed by atoms with Gasteiger partial charge < -0.3 is 4.74 Å². The second kappa shape index (κ2) is 3.81. The second-order valence-electron chi connectivity index (χ2n) is 6.83. The SMILES string of the molecule is O=C(CC1CCC2CC2C1)C1CCC2OC2C1. The molecule has 0 aromatic heterocycles. The zero-order valence-electron chi connectivity index (χ0n) is 10.4. The molecule has 1 saturated heterocycles. The first-order valence-corrected chi connectivity index (χ1v) is 7.48. The molecule has 1 aliphatic heterocycles. The van der Waals surface area contributed by atoms with E-state index >= 15 is 0 Å². The molecule has 94 valence electrons. The molecule has 2 heteroatoms. The van der Waals surface area contributed by atoms with Gasteiger partial charge in [-0.05, 0) is 62.7 Å². The molecule has 6 atom stereocenters. The molecule has 0 radical (unpaired) electrons. The van der Waals surface area contributed by atoms with Crippen LogP contribution in [0.1, 0.15) is 51.4 Å². The first kappa shape index (κ1) is 10.5. The second-order valence-corrected chi connectivity index (χ2v) is 6.83. The highest BCUT2D eigenvalue weighted by Gasteiger charge is 2.46. The van der Waals surface area contributed by atoms with E-state index in [0.717, 1.165) is 43.4 Å². The number of hydrogen-bond acceptors (Lipinski definition) is 2. The number of Topliss-reactive ketones (excluding diaryl/α,β-unsaturated/α-hetero) is 1. The number of ether oxygens (including phenoxy) is 1. The lowest BCUT2D eigenvalue weighted by Gasteiger charge is -2.24. The van der Waals surface area contributed by atoms with Crippen LogP contribution in [0.5, 0.6) is 0 Å². The Morgan fingerprint density at radius 3 is 2.71 bits per heavy atom. The van der Waals surface area contributed by atoms with Gasteiger partial charge in [0.2, 0.25) is 0 Å². The Labute approximate surface area is 103 Å². The lowest BCUT2D eigenvalue weighted by atomic mass is 9.79. The van der Waals surface area contributed by atoms with E-state index in [0.29, 0.717) is 23.9 Å². The molecule has 1 heterocycles. The van der Waals surface area contributed by atoms with Gasteiger partial charge in [0.1, 0.15) is 5.78 Å². The molecular weight excluding hydrogens is 212 g/mol. The molecule has 4 rings (SSSR count). The number of epoxide rings is 1. The van der Waals surface area contributed by atoms with Crippen molar-refractivity contribution in [3.05, 3.63) is 0 Å². The van der Waals surface area contributed by atoms with Crippen LogP contribution in [0, 0.1) is 23.7 Å². The summed E-state index contributed by atoms with van der Waals surface area (Å²) in [5, 5.41) is 0. The molecule has 3 saturated carbocycles. The Hall–Kier alpha value is -0.370. The van der Waals surface area contributed by atoms with E-state index in [1.807, 2.05) is 0 Å². The van der Waals surface area contributed by atoms with E-state index in [1.165, 1.54) is 25.7 Å². The molecule has 3 aliphatic carbocycles. The van der Waals surface area contributed by atoms with Gasteiger partial charge in [-0.1, -0.05) is 0 Å². The number of hydrogen-bond donors (Lipinski definition) is 0. The quantitative estimate of drug-likeness (QED) is 0.703. The number of fused-ring (bicyclic) bond motifs is 2. The molecule has 17 heavy (non-hydrogen) atoms. The predicted octanol–water partition coefficient (Wildman–Crippen LogP) is 2.95. The van der Waals surface area contributed by atoms with Gasteiger partial charge in [-0.15, -0.1) is 0 Å². The summed E-state index contributed by atoms with van der Waals surface area (Å²) in [6, 6.07) is 0. The van der Waals surface area contributed by atoms with Crippen LogP contribution in [0.2, 0.25) is 0 Å². The van der Waals surface area contributed by atoms with E-state index in [9.17, 15) is 4.79 Å². The maximum atomic E-state index is 12.3. The number of carbonyl (C=O) groups excluding carboxylic acids is 1. The zero-order chi connectivity index (χ0) is 11.4. The fourth-order valence-electron chi connectivity index (χ4n) is 4.28. The number of rotatable bonds is 3. The van der Waals surface area contributed by atoms with Crippen molar-refractivity contribution >= 4 is 5.78 Å². The molecule has 0 amide bonds. The van der Waals surface area contributed by atoms with E-state index in [2.05, 4.69) is 0 Å². The average Bonchev–Trinajstić information content (AvgIpc) is 3.22. The number of carbonyl (C=O) groups is 1.